The molecule has 0 aromatic carbocycles. The molecule has 2 rings (SSSR count). The number of carboxylic acid groups (broad SMARTS) is 1. The molecular weight excluding hydrogens is 352 g/mol. The van der Waals surface area contributed by atoms with Crippen molar-refractivity contribution in [3.05, 3.63) is 43.8 Å². The molecular formula is C12H10BrClN2O2S. The molecule has 0 amide bonds. The maximum absolute atomic E-state index is 10.6. The summed E-state index contributed by atoms with van der Waals surface area (Å²) in [5.74, 6) is -0.813. The Morgan fingerprint density at radius 3 is 2.89 bits per heavy atom. The number of nitrogens with one attached hydrogen (secondary N) is 1. The topological polar surface area (TPSA) is 62.2 Å². The van der Waals surface area contributed by atoms with Crippen molar-refractivity contribution in [1.29, 1.82) is 0 Å². The van der Waals surface area contributed by atoms with Crippen LogP contribution in [0.25, 0.3) is 0 Å². The number of rotatable bonds is 5. The van der Waals surface area contributed by atoms with Gasteiger partial charge in [-0.2, -0.15) is 0 Å². The predicted octanol–water partition coefficient (Wildman–Crippen LogP) is 3.80. The molecule has 0 bridgehead atoms. The highest BCUT2D eigenvalue weighted by Crippen LogP contribution is 2.24. The van der Waals surface area contributed by atoms with E-state index in [-0.39, 0.29) is 6.42 Å². The normalized spacial score (nSPS) is 10.4. The van der Waals surface area contributed by atoms with Gasteiger partial charge in [0.25, 0.3) is 0 Å². The van der Waals surface area contributed by atoms with Crippen molar-refractivity contribution in [3.8, 4) is 0 Å². The largest absolute Gasteiger partial charge is 0.481 e. The third-order valence-electron chi connectivity index (χ3n) is 2.31. The first-order valence-electron chi connectivity index (χ1n) is 5.39. The van der Waals surface area contributed by atoms with Crippen molar-refractivity contribution in [2.45, 2.75) is 13.0 Å². The Morgan fingerprint density at radius 2 is 2.21 bits per heavy atom. The quantitative estimate of drug-likeness (QED) is 0.795. The Hall–Kier alpha value is -1.11. The van der Waals surface area contributed by atoms with Crippen LogP contribution in [0.4, 0.5) is 5.69 Å². The summed E-state index contributed by atoms with van der Waals surface area (Å²) in [4.78, 5) is 16.5. The van der Waals surface area contributed by atoms with E-state index >= 15 is 0 Å². The van der Waals surface area contributed by atoms with E-state index < -0.39 is 5.97 Å². The molecule has 4 nitrogen and oxygen atoms in total. The Bertz CT molecular complexity index is 603. The lowest BCUT2D eigenvalue weighted by atomic mass is 10.3. The van der Waals surface area contributed by atoms with Crippen LogP contribution in [0.1, 0.15) is 9.75 Å². The van der Waals surface area contributed by atoms with Crippen LogP contribution in [0.15, 0.2) is 28.9 Å². The Balaban J connectivity index is 1.96. The highest BCUT2D eigenvalue weighted by atomic mass is 79.9. The molecule has 0 aliphatic heterocycles. The zero-order valence-electron chi connectivity index (χ0n) is 9.69. The van der Waals surface area contributed by atoms with E-state index in [0.29, 0.717) is 11.7 Å². The minimum atomic E-state index is -0.813. The van der Waals surface area contributed by atoms with Gasteiger partial charge in [0.15, 0.2) is 0 Å². The summed E-state index contributed by atoms with van der Waals surface area (Å²) in [5.41, 5.74) is 0.851. The molecule has 19 heavy (non-hydrogen) atoms. The van der Waals surface area contributed by atoms with E-state index in [1.807, 2.05) is 18.2 Å². The van der Waals surface area contributed by atoms with Gasteiger partial charge in [-0.3, -0.25) is 4.79 Å². The highest BCUT2D eigenvalue weighted by molar-refractivity contribution is 9.10. The fourth-order valence-electron chi connectivity index (χ4n) is 1.47. The standard InChI is InChI=1S/C12H10BrClN2O2S/c13-10-3-7(5-16-12(10)14)15-6-9-2-1-8(19-9)4-11(17)18/h1-3,5,15H,4,6H2,(H,17,18). The van der Waals surface area contributed by atoms with Crippen LogP contribution in [-0.2, 0) is 17.8 Å². The molecule has 7 heteroatoms. The summed E-state index contributed by atoms with van der Waals surface area (Å²) < 4.78 is 0.733. The number of carbonyl (C=O) groups is 1. The van der Waals surface area contributed by atoms with Gasteiger partial charge in [-0.15, -0.1) is 11.3 Å². The average Bonchev–Trinajstić information content (AvgIpc) is 2.77. The molecule has 0 fully saturated rings. The van der Waals surface area contributed by atoms with Gasteiger partial charge in [-0.05, 0) is 34.1 Å². The second-order valence-corrected chi connectivity index (χ2v) is 6.25. The van der Waals surface area contributed by atoms with Gasteiger partial charge in [0.05, 0.1) is 22.8 Å². The molecule has 100 valence electrons. The van der Waals surface area contributed by atoms with Crippen LogP contribution >= 0.6 is 38.9 Å². The summed E-state index contributed by atoms with van der Waals surface area (Å²) in [5, 5.41) is 12.3. The SMILES string of the molecule is O=C(O)Cc1ccc(CNc2cnc(Cl)c(Br)c2)s1. The first-order valence-corrected chi connectivity index (χ1v) is 7.37. The molecule has 0 atom stereocenters. The molecule has 0 saturated carbocycles. The monoisotopic (exact) mass is 360 g/mol. The number of pyridine rings is 1. The van der Waals surface area contributed by atoms with E-state index in [9.17, 15) is 4.79 Å². The fourth-order valence-corrected chi connectivity index (χ4v) is 2.87. The summed E-state index contributed by atoms with van der Waals surface area (Å²) in [7, 11) is 0. The minimum Gasteiger partial charge on any atom is -0.481 e. The number of thiophene rings is 1. The first kappa shape index (κ1) is 14.3. The zero-order chi connectivity index (χ0) is 13.8. The second-order valence-electron chi connectivity index (χ2n) is 3.79. The molecule has 0 aliphatic carbocycles. The van der Waals surface area contributed by atoms with Crippen LogP contribution < -0.4 is 5.32 Å². The molecule has 0 unspecified atom stereocenters. The van der Waals surface area contributed by atoms with Crippen molar-refractivity contribution >= 4 is 50.5 Å². The number of aliphatic carboxylic acids is 1. The fraction of sp³-hybridized carbons (Fsp3) is 0.167. The molecule has 2 aromatic rings. The number of halogens is 2. The number of aromatic nitrogens is 1. The molecule has 2 N–H and O–H groups in total. The molecule has 0 saturated heterocycles. The third-order valence-corrected chi connectivity index (χ3v) is 4.52. The van der Waals surface area contributed by atoms with Crippen molar-refractivity contribution in [2.24, 2.45) is 0 Å². The van der Waals surface area contributed by atoms with Gasteiger partial charge in [0.2, 0.25) is 0 Å². The number of hydrogen-bond acceptors (Lipinski definition) is 4. The van der Waals surface area contributed by atoms with E-state index in [1.165, 1.54) is 11.3 Å². The maximum Gasteiger partial charge on any atom is 0.308 e. The number of carboxylic acids is 1. The number of nitrogens with zero attached hydrogens (tertiary/aromatic N) is 1. The molecule has 2 aromatic heterocycles. The maximum atomic E-state index is 10.6. The average molecular weight is 362 g/mol. The van der Waals surface area contributed by atoms with Crippen molar-refractivity contribution in [3.63, 3.8) is 0 Å². The van der Waals surface area contributed by atoms with Crippen LogP contribution in [0.5, 0.6) is 0 Å². The van der Waals surface area contributed by atoms with Gasteiger partial charge < -0.3 is 10.4 Å². The Morgan fingerprint density at radius 1 is 1.47 bits per heavy atom. The zero-order valence-corrected chi connectivity index (χ0v) is 12.8. The number of anilines is 1. The van der Waals surface area contributed by atoms with Crippen molar-refractivity contribution in [2.75, 3.05) is 5.32 Å². The lowest BCUT2D eigenvalue weighted by molar-refractivity contribution is -0.136. The smallest absolute Gasteiger partial charge is 0.308 e. The van der Waals surface area contributed by atoms with E-state index in [0.717, 1.165) is 19.9 Å². The van der Waals surface area contributed by atoms with Crippen LogP contribution in [-0.4, -0.2) is 16.1 Å². The summed E-state index contributed by atoms with van der Waals surface area (Å²) in [6.45, 7) is 0.625. The predicted molar refractivity (Wildman–Crippen MR) is 79.9 cm³/mol. The van der Waals surface area contributed by atoms with E-state index in [1.54, 1.807) is 6.20 Å². The van der Waals surface area contributed by atoms with Gasteiger partial charge in [0.1, 0.15) is 5.15 Å². The van der Waals surface area contributed by atoms with Gasteiger partial charge in [-0.1, -0.05) is 11.6 Å². The van der Waals surface area contributed by atoms with E-state index in [2.05, 4.69) is 26.2 Å². The molecule has 0 aliphatic rings. The molecule has 0 spiro atoms. The van der Waals surface area contributed by atoms with E-state index in [4.69, 9.17) is 16.7 Å². The van der Waals surface area contributed by atoms with Crippen LogP contribution in [0, 0.1) is 0 Å². The first-order chi connectivity index (χ1) is 9.04. The minimum absolute atomic E-state index is 0.0682. The Kier molecular flexibility index (Phi) is 4.79. The molecule has 0 radical (unpaired) electrons. The van der Waals surface area contributed by atoms with Crippen LogP contribution in [0.3, 0.4) is 0 Å². The summed E-state index contributed by atoms with van der Waals surface area (Å²) in [6, 6.07) is 5.61. The number of hydrogen-bond donors (Lipinski definition) is 2. The summed E-state index contributed by atoms with van der Waals surface area (Å²) in [6.07, 6.45) is 1.72. The van der Waals surface area contributed by atoms with Crippen LogP contribution in [0.2, 0.25) is 5.15 Å². The second kappa shape index (κ2) is 6.36. The lowest BCUT2D eigenvalue weighted by Gasteiger charge is -2.05. The van der Waals surface area contributed by atoms with Crippen molar-refractivity contribution < 1.29 is 9.90 Å². The van der Waals surface area contributed by atoms with Crippen molar-refractivity contribution in [1.82, 2.24) is 4.98 Å². The molecule has 2 heterocycles. The lowest BCUT2D eigenvalue weighted by Crippen LogP contribution is -1.98. The summed E-state index contributed by atoms with van der Waals surface area (Å²) >= 11 is 10.6. The van der Waals surface area contributed by atoms with Gasteiger partial charge >= 0.3 is 5.97 Å². The third kappa shape index (κ3) is 4.19. The van der Waals surface area contributed by atoms with Gasteiger partial charge in [0, 0.05) is 16.3 Å². The highest BCUT2D eigenvalue weighted by Gasteiger charge is 2.05. The van der Waals surface area contributed by atoms with Gasteiger partial charge in [-0.25, -0.2) is 4.98 Å². The Labute approximate surface area is 127 Å².